The van der Waals surface area contributed by atoms with Gasteiger partial charge in [0.1, 0.15) is 0 Å². The van der Waals surface area contributed by atoms with Crippen LogP contribution < -0.4 is 10.6 Å². The molecule has 0 saturated heterocycles. The van der Waals surface area contributed by atoms with Gasteiger partial charge in [-0.25, -0.2) is 0 Å². The molecule has 1 aliphatic rings. The summed E-state index contributed by atoms with van der Waals surface area (Å²) in [6.07, 6.45) is 1.68. The predicted molar refractivity (Wildman–Crippen MR) is 98.4 cm³/mol. The number of hydrogen-bond donors (Lipinski definition) is 3. The zero-order chi connectivity index (χ0) is 16.5. The van der Waals surface area contributed by atoms with Gasteiger partial charge in [0.05, 0.1) is 15.7 Å². The van der Waals surface area contributed by atoms with Gasteiger partial charge >= 0.3 is 0 Å². The third-order valence-corrected chi connectivity index (χ3v) is 4.60. The lowest BCUT2D eigenvalue weighted by molar-refractivity contribution is -0.110. The van der Waals surface area contributed by atoms with Crippen LogP contribution in [0.5, 0.6) is 0 Å². The van der Waals surface area contributed by atoms with Crippen molar-refractivity contribution in [2.45, 2.75) is 0 Å². The van der Waals surface area contributed by atoms with E-state index in [0.29, 0.717) is 11.4 Å². The van der Waals surface area contributed by atoms with Gasteiger partial charge in [-0.05, 0) is 22.0 Å². The molecule has 0 fully saturated rings. The van der Waals surface area contributed by atoms with Gasteiger partial charge in [0, 0.05) is 23.0 Å². The molecule has 1 amide bonds. The number of fused-ring (bicyclic) bond motifs is 1. The number of aromatic nitrogens is 2. The first-order valence-corrected chi connectivity index (χ1v) is 8.20. The summed E-state index contributed by atoms with van der Waals surface area (Å²) in [6, 6.07) is 17.5. The summed E-state index contributed by atoms with van der Waals surface area (Å²) < 4.78 is 0.817. The van der Waals surface area contributed by atoms with Crippen LogP contribution >= 0.6 is 15.9 Å². The molecule has 0 aliphatic carbocycles. The van der Waals surface area contributed by atoms with Crippen molar-refractivity contribution in [2.24, 2.45) is 0 Å². The number of aromatic amines is 1. The number of carbonyl (C=O) groups excluding carboxylic acids is 1. The smallest absolute Gasteiger partial charge is 0.257 e. The maximum absolute atomic E-state index is 12.1. The quantitative estimate of drug-likeness (QED) is 0.595. The number of hydrogen-bond acceptors (Lipinski definition) is 3. The summed E-state index contributed by atoms with van der Waals surface area (Å²) in [5, 5.41) is 13.2. The van der Waals surface area contributed by atoms with Crippen molar-refractivity contribution in [3.63, 3.8) is 0 Å². The molecule has 6 heteroatoms. The second-order valence-electron chi connectivity index (χ2n) is 5.33. The van der Waals surface area contributed by atoms with Crippen molar-refractivity contribution < 1.29 is 4.79 Å². The first kappa shape index (κ1) is 14.7. The van der Waals surface area contributed by atoms with Gasteiger partial charge in [0.25, 0.3) is 5.91 Å². The van der Waals surface area contributed by atoms with Gasteiger partial charge in [0.2, 0.25) is 0 Å². The molecule has 5 nitrogen and oxygen atoms in total. The number of nitrogens with one attached hydrogen (secondary N) is 3. The number of nitrogens with zero attached hydrogens (tertiary/aromatic N) is 1. The summed E-state index contributed by atoms with van der Waals surface area (Å²) in [5.41, 5.74) is 4.20. The summed E-state index contributed by atoms with van der Waals surface area (Å²) in [7, 11) is 0. The molecule has 0 spiro atoms. The molecule has 1 aliphatic heterocycles. The Kier molecular flexibility index (Phi) is 3.66. The van der Waals surface area contributed by atoms with E-state index in [2.05, 4.69) is 36.8 Å². The van der Waals surface area contributed by atoms with Crippen molar-refractivity contribution in [1.29, 1.82) is 0 Å². The van der Waals surface area contributed by atoms with Crippen LogP contribution in [0.3, 0.4) is 0 Å². The van der Waals surface area contributed by atoms with Gasteiger partial charge in [-0.3, -0.25) is 9.89 Å². The highest BCUT2D eigenvalue weighted by molar-refractivity contribution is 9.10. The molecule has 3 N–H and O–H groups in total. The van der Waals surface area contributed by atoms with Crippen LogP contribution in [0.4, 0.5) is 11.5 Å². The summed E-state index contributed by atoms with van der Waals surface area (Å²) in [5.74, 6) is 0.497. The average Bonchev–Trinajstić information content (AvgIpc) is 3.13. The van der Waals surface area contributed by atoms with Gasteiger partial charge in [-0.1, -0.05) is 48.5 Å². The molecule has 4 rings (SSSR count). The molecule has 3 aromatic rings. The maximum atomic E-state index is 12.1. The van der Waals surface area contributed by atoms with Crippen LogP contribution in [0.15, 0.2) is 65.3 Å². The zero-order valence-electron chi connectivity index (χ0n) is 12.5. The van der Waals surface area contributed by atoms with Crippen LogP contribution in [0.2, 0.25) is 0 Å². The molecule has 24 heavy (non-hydrogen) atoms. The Bertz CT molecular complexity index is 947. The number of carbonyl (C=O) groups is 1. The molecule has 118 valence electrons. The lowest BCUT2D eigenvalue weighted by atomic mass is 10.1. The van der Waals surface area contributed by atoms with Gasteiger partial charge in [-0.2, -0.15) is 5.10 Å². The van der Waals surface area contributed by atoms with Crippen molar-refractivity contribution in [1.82, 2.24) is 10.2 Å². The Morgan fingerprint density at radius 1 is 1.04 bits per heavy atom. The highest BCUT2D eigenvalue weighted by Gasteiger charge is 2.23. The van der Waals surface area contributed by atoms with Gasteiger partial charge < -0.3 is 10.6 Å². The predicted octanol–water partition coefficient (Wildman–Crippen LogP) is 4.24. The van der Waals surface area contributed by atoms with E-state index in [4.69, 9.17) is 0 Å². The van der Waals surface area contributed by atoms with E-state index in [1.165, 1.54) is 0 Å². The van der Waals surface area contributed by atoms with Crippen molar-refractivity contribution >= 4 is 38.9 Å². The normalized spacial score (nSPS) is 14.5. The van der Waals surface area contributed by atoms with Crippen molar-refractivity contribution in [3.8, 4) is 11.3 Å². The third-order valence-electron chi connectivity index (χ3n) is 3.83. The molecular formula is C18H13BrN4O. The highest BCUT2D eigenvalue weighted by atomic mass is 79.9. The third kappa shape index (κ3) is 2.51. The van der Waals surface area contributed by atoms with E-state index in [1.807, 2.05) is 54.6 Å². The number of anilines is 2. The number of para-hydroxylation sites is 1. The fraction of sp³-hybridized carbons (Fsp3) is 0. The van der Waals surface area contributed by atoms with Crippen molar-refractivity contribution in [3.05, 3.63) is 70.8 Å². The Balaban J connectivity index is 1.64. The molecule has 2 aromatic carbocycles. The first-order chi connectivity index (χ1) is 11.7. The van der Waals surface area contributed by atoms with E-state index >= 15 is 0 Å². The minimum absolute atomic E-state index is 0.126. The molecule has 0 bridgehead atoms. The summed E-state index contributed by atoms with van der Waals surface area (Å²) in [4.78, 5) is 12.1. The molecule has 0 radical (unpaired) electrons. The second-order valence-corrected chi connectivity index (χ2v) is 6.12. The minimum Gasteiger partial charge on any atom is -0.343 e. The molecular weight excluding hydrogens is 368 g/mol. The second kappa shape index (κ2) is 5.98. The van der Waals surface area contributed by atoms with Crippen LogP contribution in [0, 0.1) is 0 Å². The number of halogens is 1. The molecule has 1 aromatic heterocycles. The van der Waals surface area contributed by atoms with E-state index < -0.39 is 0 Å². The zero-order valence-corrected chi connectivity index (χ0v) is 14.1. The van der Waals surface area contributed by atoms with Gasteiger partial charge in [0.15, 0.2) is 5.82 Å². The Hall–Kier alpha value is -2.86. The molecule has 0 atom stereocenters. The fourth-order valence-electron chi connectivity index (χ4n) is 2.64. The van der Waals surface area contributed by atoms with E-state index in [-0.39, 0.29) is 5.91 Å². The minimum atomic E-state index is -0.126. The lowest BCUT2D eigenvalue weighted by Crippen LogP contribution is -2.05. The number of benzene rings is 2. The lowest BCUT2D eigenvalue weighted by Gasteiger charge is -2.01. The topological polar surface area (TPSA) is 69.8 Å². The van der Waals surface area contributed by atoms with E-state index in [9.17, 15) is 4.79 Å². The number of amides is 1. The Morgan fingerprint density at radius 2 is 1.79 bits per heavy atom. The van der Waals surface area contributed by atoms with Crippen LogP contribution in [-0.2, 0) is 4.79 Å². The number of rotatable bonds is 3. The van der Waals surface area contributed by atoms with Crippen LogP contribution in [0.1, 0.15) is 5.56 Å². The Morgan fingerprint density at radius 3 is 2.62 bits per heavy atom. The van der Waals surface area contributed by atoms with Gasteiger partial charge in [-0.15, -0.1) is 0 Å². The highest BCUT2D eigenvalue weighted by Crippen LogP contribution is 2.34. The van der Waals surface area contributed by atoms with E-state index in [1.54, 1.807) is 6.20 Å². The first-order valence-electron chi connectivity index (χ1n) is 7.41. The molecule has 0 unspecified atom stereocenters. The molecule has 0 saturated carbocycles. The van der Waals surface area contributed by atoms with Crippen LogP contribution in [0.25, 0.3) is 16.8 Å². The number of H-pyrrole nitrogens is 1. The van der Waals surface area contributed by atoms with Crippen LogP contribution in [-0.4, -0.2) is 16.1 Å². The maximum Gasteiger partial charge on any atom is 0.257 e. The fourth-order valence-corrected chi connectivity index (χ4v) is 3.16. The SMILES string of the molecule is O=C1Nc2ccccc2C1=CNc1n[nH]c(-c2ccccc2)c1Br. The van der Waals surface area contributed by atoms with E-state index in [0.717, 1.165) is 27.0 Å². The van der Waals surface area contributed by atoms with Crippen molar-refractivity contribution in [2.75, 3.05) is 10.6 Å². The summed E-state index contributed by atoms with van der Waals surface area (Å²) >= 11 is 3.56. The average molecular weight is 381 g/mol. The standard InChI is InChI=1S/C18H13BrN4O/c19-15-16(11-6-2-1-3-7-11)22-23-17(15)20-10-13-12-8-4-5-9-14(12)21-18(13)24/h1-10H,(H,21,24)(H2,20,22,23). The molecule has 2 heterocycles. The Labute approximate surface area is 146 Å². The summed E-state index contributed by atoms with van der Waals surface area (Å²) in [6.45, 7) is 0. The largest absolute Gasteiger partial charge is 0.343 e. The monoisotopic (exact) mass is 380 g/mol.